The molecule has 0 aliphatic heterocycles. The van der Waals surface area contributed by atoms with E-state index in [-0.39, 0.29) is 0 Å². The summed E-state index contributed by atoms with van der Waals surface area (Å²) in [6, 6.07) is 45.8. The van der Waals surface area contributed by atoms with Crippen molar-refractivity contribution in [3.8, 4) is 22.3 Å². The van der Waals surface area contributed by atoms with Gasteiger partial charge in [-0.2, -0.15) is 0 Å². The number of fused-ring (bicyclic) bond motifs is 4. The Bertz CT molecular complexity index is 2110. The second-order valence-corrected chi connectivity index (χ2v) is 53.1. The SMILES string of the molecule is CC1=Cc2c(-c3ccc4ccccc4c3)cccc2[CH]1[Zr]([CH3])([CH3])([CH]1C(C)=Cc2c(-c3ccc4ccccc4c3)cccc21)[SiH](C)C. The number of benzene rings is 6. The molecule has 46 heavy (non-hydrogen) atoms. The molecule has 0 spiro atoms. The molecule has 0 saturated heterocycles. The average molecular weight is 691 g/mol. The normalized spacial score (nSPS) is 18.3. The number of rotatable bonds is 5. The molecule has 0 fully saturated rings. The molecule has 6 aromatic carbocycles. The van der Waals surface area contributed by atoms with Crippen molar-refractivity contribution in [1.82, 2.24) is 0 Å². The molecule has 2 heteroatoms. The van der Waals surface area contributed by atoms with Crippen LogP contribution in [0.25, 0.3) is 56.0 Å². The second-order valence-electron chi connectivity index (χ2n) is 15.3. The summed E-state index contributed by atoms with van der Waals surface area (Å²) in [5.74, 6) is -1.13. The van der Waals surface area contributed by atoms with Crippen molar-refractivity contribution in [2.24, 2.45) is 0 Å². The van der Waals surface area contributed by atoms with E-state index >= 15 is 0 Å². The Morgan fingerprint density at radius 3 is 1.30 bits per heavy atom. The van der Waals surface area contributed by atoms with Crippen LogP contribution in [0.15, 0.2) is 132 Å². The first-order chi connectivity index (χ1) is 22.1. The van der Waals surface area contributed by atoms with Crippen LogP contribution in [-0.4, -0.2) is 5.92 Å². The van der Waals surface area contributed by atoms with Crippen LogP contribution in [-0.2, 0) is 17.9 Å². The van der Waals surface area contributed by atoms with Crippen LogP contribution in [0.5, 0.6) is 0 Å². The second kappa shape index (κ2) is 10.7. The summed E-state index contributed by atoms with van der Waals surface area (Å²) >= 11 is -3.69. The van der Waals surface area contributed by atoms with Gasteiger partial charge < -0.3 is 0 Å². The van der Waals surface area contributed by atoms with Gasteiger partial charge >= 0.3 is 278 Å². The van der Waals surface area contributed by atoms with Crippen molar-refractivity contribution >= 4 is 39.6 Å². The van der Waals surface area contributed by atoms with Crippen molar-refractivity contribution in [2.75, 3.05) is 0 Å². The Balaban J connectivity index is 1.28. The predicted molar refractivity (Wildman–Crippen MR) is 202 cm³/mol. The molecule has 0 saturated carbocycles. The van der Waals surface area contributed by atoms with E-state index in [2.05, 4.69) is 170 Å². The van der Waals surface area contributed by atoms with E-state index in [1.54, 1.807) is 22.3 Å². The van der Waals surface area contributed by atoms with E-state index in [1.807, 2.05) is 0 Å². The van der Waals surface area contributed by atoms with E-state index in [0.717, 1.165) is 0 Å². The molecular weight excluding hydrogens is 648 g/mol. The molecule has 227 valence electrons. The van der Waals surface area contributed by atoms with Crippen LogP contribution < -0.4 is 0 Å². The first kappa shape index (κ1) is 29.8. The fraction of sp³-hybridized carbons (Fsp3) is 0.182. The monoisotopic (exact) mass is 689 g/mol. The molecule has 0 radical (unpaired) electrons. The average Bonchev–Trinajstić information content (AvgIpc) is 3.60. The Kier molecular flexibility index (Phi) is 6.95. The third-order valence-corrected chi connectivity index (χ3v) is 59.5. The quantitative estimate of drug-likeness (QED) is 0.158. The van der Waals surface area contributed by atoms with Crippen LogP contribution in [0.1, 0.15) is 43.4 Å². The molecule has 0 amide bonds. The maximum absolute atomic E-state index is 3.69. The molecule has 0 heterocycles. The van der Waals surface area contributed by atoms with Crippen molar-refractivity contribution in [3.05, 3.63) is 155 Å². The molecule has 0 nitrogen and oxygen atoms in total. The summed E-state index contributed by atoms with van der Waals surface area (Å²) in [6.45, 7) is 10.3. The molecule has 0 aromatic heterocycles. The maximum atomic E-state index is 2.86. The minimum absolute atomic E-state index is 0.548. The predicted octanol–water partition coefficient (Wildman–Crippen LogP) is 12.7. The first-order valence-corrected chi connectivity index (χ1v) is 31.8. The fourth-order valence-electron chi connectivity index (χ4n) is 9.57. The fourth-order valence-corrected chi connectivity index (χ4v) is 40.3. The molecule has 0 bridgehead atoms. The first-order valence-electron chi connectivity index (χ1n) is 16.9. The van der Waals surface area contributed by atoms with Gasteiger partial charge in [-0.25, -0.2) is 0 Å². The van der Waals surface area contributed by atoms with E-state index in [0.29, 0.717) is 7.25 Å². The van der Waals surface area contributed by atoms with Gasteiger partial charge in [-0.3, -0.25) is 0 Å². The Morgan fingerprint density at radius 2 is 0.891 bits per heavy atom. The van der Waals surface area contributed by atoms with Gasteiger partial charge in [0.1, 0.15) is 0 Å². The topological polar surface area (TPSA) is 0 Å². The van der Waals surface area contributed by atoms with E-state index in [9.17, 15) is 0 Å². The zero-order valence-corrected chi connectivity index (χ0v) is 31.5. The summed E-state index contributed by atoms with van der Waals surface area (Å²) < 4.78 is 6.81. The van der Waals surface area contributed by atoms with Crippen LogP contribution in [0.3, 0.4) is 0 Å². The van der Waals surface area contributed by atoms with Crippen molar-refractivity contribution in [3.63, 3.8) is 0 Å². The van der Waals surface area contributed by atoms with Crippen molar-refractivity contribution in [2.45, 2.75) is 43.5 Å². The summed E-state index contributed by atoms with van der Waals surface area (Å²) in [7, 11) is 0. The molecule has 6 aromatic rings. The molecule has 0 N–H and O–H groups in total. The molecule has 2 atom stereocenters. The molecule has 2 unspecified atom stereocenters. The van der Waals surface area contributed by atoms with Crippen molar-refractivity contribution in [1.29, 1.82) is 0 Å². The van der Waals surface area contributed by atoms with Gasteiger partial charge in [-0.1, -0.05) is 0 Å². The van der Waals surface area contributed by atoms with E-state index < -0.39 is 23.9 Å². The van der Waals surface area contributed by atoms with E-state index in [1.165, 1.54) is 54.9 Å². The number of allylic oxidation sites excluding steroid dienone is 2. The Labute approximate surface area is 276 Å². The van der Waals surface area contributed by atoms with E-state index in [4.69, 9.17) is 0 Å². The minimum atomic E-state index is -3.69. The molecule has 8 rings (SSSR count). The zero-order chi connectivity index (χ0) is 31.8. The summed E-state index contributed by atoms with van der Waals surface area (Å²) in [6.07, 6.45) is 5.14. The van der Waals surface area contributed by atoms with Crippen LogP contribution in [0.2, 0.25) is 22.4 Å². The Hall–Kier alpha value is -3.58. The Morgan fingerprint density at radius 1 is 0.478 bits per heavy atom. The van der Waals surface area contributed by atoms with Gasteiger partial charge in [0, 0.05) is 0 Å². The summed E-state index contributed by atoms with van der Waals surface area (Å²) in [5, 5.41) is 5.22. The molecular formula is C44H43SiZr. The third-order valence-electron chi connectivity index (χ3n) is 12.3. The van der Waals surface area contributed by atoms with Gasteiger partial charge in [0.05, 0.1) is 0 Å². The van der Waals surface area contributed by atoms with Crippen LogP contribution >= 0.6 is 0 Å². The summed E-state index contributed by atoms with van der Waals surface area (Å²) in [5.41, 5.74) is 14.7. The number of hydrogen-bond acceptors (Lipinski definition) is 0. The van der Waals surface area contributed by atoms with Gasteiger partial charge in [-0.15, -0.1) is 0 Å². The molecule has 2 aliphatic rings. The third kappa shape index (κ3) is 4.33. The molecule has 2 aliphatic carbocycles. The van der Waals surface area contributed by atoms with Gasteiger partial charge in [0.25, 0.3) is 0 Å². The van der Waals surface area contributed by atoms with Crippen LogP contribution in [0.4, 0.5) is 0 Å². The van der Waals surface area contributed by atoms with Crippen LogP contribution in [0, 0.1) is 0 Å². The van der Waals surface area contributed by atoms with Gasteiger partial charge in [-0.05, 0) is 0 Å². The summed E-state index contributed by atoms with van der Waals surface area (Å²) in [4.78, 5) is 0. The van der Waals surface area contributed by atoms with Gasteiger partial charge in [0.2, 0.25) is 0 Å². The number of hydrogen-bond donors (Lipinski definition) is 0. The zero-order valence-electron chi connectivity index (χ0n) is 27.9. The van der Waals surface area contributed by atoms with Crippen molar-refractivity contribution < 1.29 is 17.9 Å². The standard InChI is InChI=1S/2C20H15.C2H7Si.2CH3.Zr/c2*1-14-11-17-7-4-8-19(20(17)12-14)18-10-9-15-5-2-3-6-16(15)13-18;1-3-2;;;/h2*2-13H,1H3;3H,1-2H3;2*1H3;. The van der Waals surface area contributed by atoms with Gasteiger partial charge in [0.15, 0.2) is 0 Å².